The zero-order chi connectivity index (χ0) is 97.1. The van der Waals surface area contributed by atoms with Gasteiger partial charge in [0.2, 0.25) is 17.6 Å². The number of para-hydroxylation sites is 1. The number of nitrogens with one attached hydrogen (secondary N) is 10. The molecule has 143 heavy (non-hydrogen) atoms. The highest BCUT2D eigenvalue weighted by atomic mass is 19.1. The number of aromatic amines is 5. The normalized spacial score (nSPS) is 13.4. The highest BCUT2D eigenvalue weighted by molar-refractivity contribution is 5.98. The lowest BCUT2D eigenvalue weighted by molar-refractivity contribution is -0.0791. The van der Waals surface area contributed by atoms with Crippen molar-refractivity contribution in [3.8, 4) is 40.6 Å². The Morgan fingerprint density at radius 3 is 1.15 bits per heavy atom. The van der Waals surface area contributed by atoms with E-state index in [2.05, 4.69) is 156 Å². The van der Waals surface area contributed by atoms with E-state index in [0.717, 1.165) is 220 Å². The van der Waals surface area contributed by atoms with Gasteiger partial charge in [0, 0.05) is 150 Å². The molecule has 25 rings (SSSR count). The van der Waals surface area contributed by atoms with E-state index in [-0.39, 0.29) is 31.2 Å². The molecule has 726 valence electrons. The molecule has 22 aromatic rings. The van der Waals surface area contributed by atoms with E-state index < -0.39 is 5.82 Å². The Morgan fingerprint density at radius 2 is 0.720 bits per heavy atom. The average molecular weight is 1930 g/mol. The second-order valence-electron chi connectivity index (χ2n) is 34.3. The van der Waals surface area contributed by atoms with Crippen LogP contribution in [-0.4, -0.2) is 224 Å². The van der Waals surface area contributed by atoms with Crippen LogP contribution in [0, 0.1) is 12.7 Å². The summed E-state index contributed by atoms with van der Waals surface area (Å²) in [7, 11) is 9.72. The van der Waals surface area contributed by atoms with Gasteiger partial charge in [-0.25, -0.2) is 4.39 Å². The van der Waals surface area contributed by atoms with Gasteiger partial charge in [0.1, 0.15) is 90.1 Å². The molecule has 0 spiro atoms. The minimum Gasteiger partial charge on any atom is -0.490 e. The molecule has 0 amide bonds. The molecule has 3 fully saturated rings. The molecule has 39 nitrogen and oxygen atoms in total. The van der Waals surface area contributed by atoms with Gasteiger partial charge >= 0.3 is 0 Å². The molecule has 15 aromatic heterocycles. The highest BCUT2D eigenvalue weighted by Gasteiger charge is 2.26. The Morgan fingerprint density at radius 1 is 0.350 bits per heavy atom. The Kier molecular flexibility index (Phi) is 27.0. The number of ether oxygens (including phenoxy) is 10. The number of benzene rings is 7. The van der Waals surface area contributed by atoms with Gasteiger partial charge in [0.15, 0.2) is 40.7 Å². The summed E-state index contributed by atoms with van der Waals surface area (Å²) in [4.78, 5) is 24.3. The second kappa shape index (κ2) is 42.1. The van der Waals surface area contributed by atoms with Crippen molar-refractivity contribution in [1.82, 2.24) is 119 Å². The first-order valence-electron chi connectivity index (χ1n) is 46.8. The summed E-state index contributed by atoms with van der Waals surface area (Å²) < 4.78 is 80.2. The first kappa shape index (κ1) is 91.9. The second-order valence-corrected chi connectivity index (χ2v) is 34.3. The lowest BCUT2D eigenvalue weighted by atomic mass is 10.1. The highest BCUT2D eigenvalue weighted by Crippen LogP contribution is 2.39. The molecule has 18 heterocycles. The van der Waals surface area contributed by atoms with Gasteiger partial charge in [-0.1, -0.05) is 29.8 Å². The fraction of sp³-hybridized carbons (Fsp3) is 0.233. The van der Waals surface area contributed by atoms with E-state index in [1.165, 1.54) is 11.6 Å². The quantitative estimate of drug-likeness (QED) is 0.0204. The van der Waals surface area contributed by atoms with Gasteiger partial charge in [-0.2, -0.15) is 25.5 Å². The minimum atomic E-state index is -0.397. The minimum absolute atomic E-state index is 0.157. The summed E-state index contributed by atoms with van der Waals surface area (Å²) in [5, 5.41) is 71.6. The SMILES string of the molecule is Cc1ccc(OCCOc2nn(C)c3cc(Nc4n[nH]c5cccnc45)ccc23)cc1.Cn1cc(OC2COC2)c2ccc(Nc3n[nH]c4cccnc34)cc21.Cn1cc(OCCN2CCOCC2)c2ccc(Nc3n[nH]c4cccnc34)cc21.Cn1nc(OC2CCOCC2)c2ccc(Nc3n[nH]c4cccnc34)cc21.Cn1nc(OCCOc2ccccc2F)c2ccc(Nc3n[nH]c4cccnc34)cc21. The molecule has 3 aliphatic heterocycles. The van der Waals surface area contributed by atoms with Crippen molar-refractivity contribution in [1.29, 1.82) is 0 Å². The van der Waals surface area contributed by atoms with E-state index >= 15 is 0 Å². The first-order chi connectivity index (χ1) is 70.2. The number of morpholine rings is 1. The van der Waals surface area contributed by atoms with Crippen molar-refractivity contribution in [2.24, 2.45) is 35.2 Å². The van der Waals surface area contributed by atoms with Crippen molar-refractivity contribution in [2.75, 3.05) is 119 Å². The van der Waals surface area contributed by atoms with Gasteiger partial charge in [0.25, 0.3) is 0 Å². The number of halogens is 1. The number of aryl methyl sites for hydroxylation is 6. The van der Waals surface area contributed by atoms with Gasteiger partial charge in [-0.15, -0.1) is 15.3 Å². The Hall–Kier alpha value is -17.5. The summed E-state index contributed by atoms with van der Waals surface area (Å²) in [5.41, 5.74) is 19.3. The van der Waals surface area contributed by atoms with E-state index in [9.17, 15) is 4.39 Å². The maximum Gasteiger partial charge on any atom is 0.241 e. The first-order valence-corrected chi connectivity index (χ1v) is 46.8. The van der Waals surface area contributed by atoms with Crippen molar-refractivity contribution in [3.05, 3.63) is 255 Å². The van der Waals surface area contributed by atoms with Crippen LogP contribution in [0.4, 0.5) is 61.9 Å². The molecule has 3 saturated heterocycles. The Balaban J connectivity index is 0.000000106. The number of H-pyrrole nitrogens is 5. The van der Waals surface area contributed by atoms with Crippen LogP contribution in [0.2, 0.25) is 0 Å². The van der Waals surface area contributed by atoms with Crippen LogP contribution < -0.4 is 59.7 Å². The van der Waals surface area contributed by atoms with Crippen molar-refractivity contribution in [2.45, 2.75) is 32.0 Å². The number of fused-ring (bicyclic) bond motifs is 10. The van der Waals surface area contributed by atoms with Gasteiger partial charge in [0.05, 0.1) is 111 Å². The zero-order valence-corrected chi connectivity index (χ0v) is 79.0. The fourth-order valence-electron chi connectivity index (χ4n) is 17.0. The monoisotopic (exact) mass is 1920 g/mol. The van der Waals surface area contributed by atoms with Crippen LogP contribution in [0.15, 0.2) is 244 Å². The number of pyridine rings is 5. The molecule has 3 aliphatic rings. The largest absolute Gasteiger partial charge is 0.490 e. The van der Waals surface area contributed by atoms with Crippen LogP contribution in [0.25, 0.3) is 110 Å². The van der Waals surface area contributed by atoms with Gasteiger partial charge in [-0.05, 0) is 183 Å². The molecule has 0 radical (unpaired) electrons. The number of anilines is 10. The summed E-state index contributed by atoms with van der Waals surface area (Å²) in [6, 6.07) is 63.6. The fourth-order valence-corrected chi connectivity index (χ4v) is 17.0. The van der Waals surface area contributed by atoms with Crippen LogP contribution in [0.5, 0.6) is 40.6 Å². The molecule has 0 atom stereocenters. The van der Waals surface area contributed by atoms with E-state index in [0.29, 0.717) is 73.9 Å². The predicted octanol–water partition coefficient (Wildman–Crippen LogP) is 17.6. The number of hydrogen-bond acceptors (Lipinski definition) is 29. The third-order valence-corrected chi connectivity index (χ3v) is 24.4. The van der Waals surface area contributed by atoms with Crippen LogP contribution >= 0.6 is 0 Å². The van der Waals surface area contributed by atoms with Gasteiger partial charge < -0.3 is 83.1 Å². The molecule has 10 N–H and O–H groups in total. The Bertz CT molecular complexity index is 8190. The lowest BCUT2D eigenvalue weighted by Crippen LogP contribution is -2.38. The molecule has 0 aliphatic carbocycles. The van der Waals surface area contributed by atoms with E-state index in [4.69, 9.17) is 47.4 Å². The lowest BCUT2D eigenvalue weighted by Gasteiger charge is -2.26. The van der Waals surface area contributed by atoms with Crippen molar-refractivity contribution < 1.29 is 51.8 Å². The number of aromatic nitrogens is 23. The molecule has 40 heteroatoms. The number of hydrogen-bond donors (Lipinski definition) is 10. The number of rotatable bonds is 28. The van der Waals surface area contributed by atoms with Crippen LogP contribution in [0.1, 0.15) is 18.4 Å². The summed E-state index contributed by atoms with van der Waals surface area (Å²) in [5.74, 6) is 7.66. The molecular formula is C103H102FN29O10. The molecule has 0 bridgehead atoms. The summed E-state index contributed by atoms with van der Waals surface area (Å²) in [6.45, 7) is 11.3. The molecule has 7 aromatic carbocycles. The predicted molar refractivity (Wildman–Crippen MR) is 546 cm³/mol. The third-order valence-electron chi connectivity index (χ3n) is 24.4. The topological polar surface area (TPSA) is 427 Å². The maximum atomic E-state index is 13.6. The van der Waals surface area contributed by atoms with Crippen LogP contribution in [-0.2, 0) is 49.4 Å². The summed E-state index contributed by atoms with van der Waals surface area (Å²) >= 11 is 0. The van der Waals surface area contributed by atoms with E-state index in [1.807, 2.05) is 211 Å². The van der Waals surface area contributed by atoms with E-state index in [1.54, 1.807) is 58.5 Å². The van der Waals surface area contributed by atoms with Crippen molar-refractivity contribution >= 4 is 167 Å². The smallest absolute Gasteiger partial charge is 0.241 e. The average Bonchev–Trinajstić information content (AvgIpc) is 1.61. The molecular weight excluding hydrogens is 1820 g/mol. The summed E-state index contributed by atoms with van der Waals surface area (Å²) in [6.07, 6.45) is 14.9. The van der Waals surface area contributed by atoms with Gasteiger partial charge in [-0.3, -0.25) is 69.4 Å². The van der Waals surface area contributed by atoms with Crippen LogP contribution in [0.3, 0.4) is 0 Å². The maximum absolute atomic E-state index is 13.6. The Labute approximate surface area is 815 Å². The number of nitrogens with zero attached hydrogens (tertiary/aromatic N) is 19. The third kappa shape index (κ3) is 21.0. The zero-order valence-electron chi connectivity index (χ0n) is 79.0. The standard InChI is InChI=1S/C23H22N6O2.C22H19FN6O2.C21H24N6O2.C19H20N6O2.C18H17N5O2/c1-15-5-8-17(9-6-15)30-12-13-31-23-18-10-7-16(14-20(18)29(2)28-23)25-22-21-19(26-27-22)4-3-11-24-21;1-29-18-13-14(25-21-20-17(26-27-21)6-4-10-24-20)8-9-15(18)22(28-29)31-12-11-30-19-7-3-2-5-16(19)23;1-26-14-19(29-12-9-27-7-10-28-11-8-27)16-5-4-15(13-18(16)26)23-21-20-17(24-25-21)3-2-6-22-20;1-25-16-11-12(21-18-17-15(22-23-18)3-2-8-20-17)4-5-14(16)19(24-25)27-13-6-9-26-10-7-13;1-23-8-16(25-12-9-24-10-12)13-5-4-11(7-15(13)23)20-18-17-14(21-22-18)3-2-6-19-17/h3-11,14H,12-13H2,1-2H3,(H2,25,26,27);2-10,13H,11-12H2,1H3,(H2,25,26,27);2-6,13-14H,7-12H2,1H3,(H2,23,24,25);2-5,8,11,13H,6-7,9-10H2,1H3,(H2,21,22,23);2-8,12H,9-10H2,1H3,(H2,20,21,22). The molecule has 0 saturated carbocycles. The molecule has 0 unspecified atom stereocenters. The van der Waals surface area contributed by atoms with Crippen molar-refractivity contribution in [3.63, 3.8) is 0 Å².